The van der Waals surface area contributed by atoms with Gasteiger partial charge in [-0.2, -0.15) is 0 Å². The number of sulfonamides is 1. The summed E-state index contributed by atoms with van der Waals surface area (Å²) in [5.41, 5.74) is 3.58. The maximum absolute atomic E-state index is 12.1. The molecule has 124 valence electrons. The third-order valence-electron chi connectivity index (χ3n) is 3.75. The Kier molecular flexibility index (Phi) is 5.17. The predicted octanol–water partition coefficient (Wildman–Crippen LogP) is 2.68. The van der Waals surface area contributed by atoms with E-state index in [-0.39, 0.29) is 12.3 Å². The van der Waals surface area contributed by atoms with Crippen LogP contribution in [0, 0.1) is 0 Å². The molecule has 0 saturated carbocycles. The number of benzene rings is 2. The molecule has 0 aliphatic carbocycles. The summed E-state index contributed by atoms with van der Waals surface area (Å²) in [7, 11) is -3.29. The minimum absolute atomic E-state index is 0.120. The fraction of sp³-hybridized carbons (Fsp3) is 0.222. The summed E-state index contributed by atoms with van der Waals surface area (Å²) in [6, 6.07) is 15.5. The maximum Gasteiger partial charge on any atom is 0.211 e. The Morgan fingerprint density at radius 2 is 1.62 bits per heavy atom. The molecular weight excluding hydrogens is 322 g/mol. The van der Waals surface area contributed by atoms with Crippen molar-refractivity contribution in [1.29, 1.82) is 0 Å². The van der Waals surface area contributed by atoms with Gasteiger partial charge in [0.1, 0.15) is 0 Å². The smallest absolute Gasteiger partial charge is 0.211 e. The minimum atomic E-state index is -3.29. The quantitative estimate of drug-likeness (QED) is 0.717. The highest BCUT2D eigenvalue weighted by Crippen LogP contribution is 2.11. The third-order valence-corrected chi connectivity index (χ3v) is 5.16. The SMILES string of the molecule is O=S(=O)(CCCc1ccccc1)NCc1ccc2nccnc2c1. The molecule has 0 unspecified atom stereocenters. The first kappa shape index (κ1) is 16.5. The second kappa shape index (κ2) is 7.51. The van der Waals surface area contributed by atoms with Gasteiger partial charge in [0.05, 0.1) is 16.8 Å². The molecule has 6 heteroatoms. The van der Waals surface area contributed by atoms with Crippen LogP contribution in [0.25, 0.3) is 11.0 Å². The standard InChI is InChI=1S/C18H19N3O2S/c22-24(23,12-4-7-15-5-2-1-3-6-15)21-14-16-8-9-17-18(13-16)20-11-10-19-17/h1-3,5-6,8-11,13,21H,4,7,12,14H2. The molecule has 0 atom stereocenters. The molecule has 24 heavy (non-hydrogen) atoms. The molecule has 0 saturated heterocycles. The molecular formula is C18H19N3O2S. The highest BCUT2D eigenvalue weighted by molar-refractivity contribution is 7.89. The molecule has 2 aromatic carbocycles. The van der Waals surface area contributed by atoms with Gasteiger partial charge < -0.3 is 0 Å². The molecule has 1 aromatic heterocycles. The number of aromatic nitrogens is 2. The molecule has 0 radical (unpaired) electrons. The number of fused-ring (bicyclic) bond motifs is 1. The van der Waals surface area contributed by atoms with Crippen LogP contribution < -0.4 is 4.72 Å². The van der Waals surface area contributed by atoms with Gasteiger partial charge in [-0.05, 0) is 36.1 Å². The first-order chi connectivity index (χ1) is 11.6. The zero-order valence-corrected chi connectivity index (χ0v) is 14.0. The Morgan fingerprint density at radius 3 is 2.42 bits per heavy atom. The van der Waals surface area contributed by atoms with Crippen LogP contribution in [0.15, 0.2) is 60.9 Å². The normalized spacial score (nSPS) is 11.7. The van der Waals surface area contributed by atoms with Crippen LogP contribution in [0.3, 0.4) is 0 Å². The Balaban J connectivity index is 1.54. The van der Waals surface area contributed by atoms with Gasteiger partial charge in [-0.1, -0.05) is 36.4 Å². The zero-order chi connectivity index (χ0) is 16.8. The van der Waals surface area contributed by atoms with Crippen LogP contribution in [0.4, 0.5) is 0 Å². The van der Waals surface area contributed by atoms with Crippen molar-refractivity contribution in [2.24, 2.45) is 0 Å². The van der Waals surface area contributed by atoms with E-state index in [2.05, 4.69) is 14.7 Å². The van der Waals surface area contributed by atoms with Crippen molar-refractivity contribution in [2.45, 2.75) is 19.4 Å². The second-order valence-corrected chi connectivity index (χ2v) is 7.53. The molecule has 1 N–H and O–H groups in total. The highest BCUT2D eigenvalue weighted by atomic mass is 32.2. The maximum atomic E-state index is 12.1. The molecule has 0 aliphatic rings. The molecule has 3 rings (SSSR count). The van der Waals surface area contributed by atoms with E-state index in [0.717, 1.165) is 28.6 Å². The first-order valence-corrected chi connectivity index (χ1v) is 9.48. The summed E-state index contributed by atoms with van der Waals surface area (Å²) in [6.45, 7) is 0.264. The van der Waals surface area contributed by atoms with E-state index in [9.17, 15) is 8.42 Å². The van der Waals surface area contributed by atoms with Gasteiger partial charge in [0.2, 0.25) is 10.0 Å². The molecule has 0 amide bonds. The second-order valence-electron chi connectivity index (χ2n) is 5.61. The lowest BCUT2D eigenvalue weighted by Gasteiger charge is -2.07. The molecule has 0 spiro atoms. The number of hydrogen-bond donors (Lipinski definition) is 1. The predicted molar refractivity (Wildman–Crippen MR) is 94.9 cm³/mol. The zero-order valence-electron chi connectivity index (χ0n) is 13.2. The van der Waals surface area contributed by atoms with Crippen molar-refractivity contribution in [3.63, 3.8) is 0 Å². The lowest BCUT2D eigenvalue weighted by molar-refractivity contribution is 0.578. The van der Waals surface area contributed by atoms with Crippen LogP contribution in [-0.4, -0.2) is 24.1 Å². The fourth-order valence-corrected chi connectivity index (χ4v) is 3.55. The summed E-state index contributed by atoms with van der Waals surface area (Å²) >= 11 is 0. The van der Waals surface area contributed by atoms with Crippen molar-refractivity contribution >= 4 is 21.1 Å². The van der Waals surface area contributed by atoms with Crippen molar-refractivity contribution < 1.29 is 8.42 Å². The van der Waals surface area contributed by atoms with Crippen molar-refractivity contribution in [1.82, 2.24) is 14.7 Å². The summed E-state index contributed by atoms with van der Waals surface area (Å²) in [4.78, 5) is 8.43. The Morgan fingerprint density at radius 1 is 0.875 bits per heavy atom. The number of nitrogens with zero attached hydrogens (tertiary/aromatic N) is 2. The lowest BCUT2D eigenvalue weighted by atomic mass is 10.1. The van der Waals surface area contributed by atoms with Crippen molar-refractivity contribution in [3.05, 3.63) is 72.1 Å². The van der Waals surface area contributed by atoms with E-state index < -0.39 is 10.0 Å². The molecule has 0 aliphatic heterocycles. The number of rotatable bonds is 7. The topological polar surface area (TPSA) is 72.0 Å². The van der Waals surface area contributed by atoms with Gasteiger partial charge in [-0.25, -0.2) is 13.1 Å². The van der Waals surface area contributed by atoms with Crippen LogP contribution in [0.1, 0.15) is 17.5 Å². The summed E-state index contributed by atoms with van der Waals surface area (Å²) < 4.78 is 26.9. The van der Waals surface area contributed by atoms with E-state index in [0.29, 0.717) is 6.42 Å². The van der Waals surface area contributed by atoms with Crippen LogP contribution >= 0.6 is 0 Å². The number of aryl methyl sites for hydroxylation is 1. The van der Waals surface area contributed by atoms with E-state index in [4.69, 9.17) is 0 Å². The molecule has 0 bridgehead atoms. The third kappa shape index (κ3) is 4.59. The highest BCUT2D eigenvalue weighted by Gasteiger charge is 2.10. The van der Waals surface area contributed by atoms with Gasteiger partial charge in [0, 0.05) is 18.9 Å². The summed E-state index contributed by atoms with van der Waals surface area (Å²) in [5, 5.41) is 0. The van der Waals surface area contributed by atoms with Gasteiger partial charge in [-0.15, -0.1) is 0 Å². The lowest BCUT2D eigenvalue weighted by Crippen LogP contribution is -2.26. The number of nitrogens with one attached hydrogen (secondary N) is 1. The Hall–Kier alpha value is -2.31. The van der Waals surface area contributed by atoms with Gasteiger partial charge in [0.15, 0.2) is 0 Å². The summed E-state index contributed by atoms with van der Waals surface area (Å²) in [5.74, 6) is 0.120. The average molecular weight is 341 g/mol. The average Bonchev–Trinajstić information content (AvgIpc) is 2.61. The monoisotopic (exact) mass is 341 g/mol. The van der Waals surface area contributed by atoms with Crippen LogP contribution in [0.5, 0.6) is 0 Å². The Bertz CT molecular complexity index is 912. The molecule has 5 nitrogen and oxygen atoms in total. The van der Waals surface area contributed by atoms with E-state index in [1.807, 2.05) is 48.5 Å². The van der Waals surface area contributed by atoms with Crippen molar-refractivity contribution in [3.8, 4) is 0 Å². The fourth-order valence-electron chi connectivity index (χ4n) is 2.50. The van der Waals surface area contributed by atoms with E-state index >= 15 is 0 Å². The Labute approximate surface area is 141 Å². The van der Waals surface area contributed by atoms with Crippen LogP contribution in [-0.2, 0) is 23.0 Å². The van der Waals surface area contributed by atoms with Gasteiger partial charge >= 0.3 is 0 Å². The van der Waals surface area contributed by atoms with Gasteiger partial charge in [-0.3, -0.25) is 9.97 Å². The van der Waals surface area contributed by atoms with Gasteiger partial charge in [0.25, 0.3) is 0 Å². The van der Waals surface area contributed by atoms with E-state index in [1.165, 1.54) is 0 Å². The molecule has 1 heterocycles. The minimum Gasteiger partial charge on any atom is -0.253 e. The summed E-state index contributed by atoms with van der Waals surface area (Å²) in [6.07, 6.45) is 4.62. The molecule has 0 fully saturated rings. The molecule has 3 aromatic rings. The number of hydrogen-bond acceptors (Lipinski definition) is 4. The van der Waals surface area contributed by atoms with E-state index in [1.54, 1.807) is 12.4 Å². The first-order valence-electron chi connectivity index (χ1n) is 7.83. The van der Waals surface area contributed by atoms with Crippen molar-refractivity contribution in [2.75, 3.05) is 5.75 Å². The van der Waals surface area contributed by atoms with Crippen LogP contribution in [0.2, 0.25) is 0 Å². The largest absolute Gasteiger partial charge is 0.253 e.